The van der Waals surface area contributed by atoms with Crippen molar-refractivity contribution >= 4 is 16.8 Å². The number of amides is 1. The first kappa shape index (κ1) is 24.3. The molecule has 0 unspecified atom stereocenters. The number of benzene rings is 1. The largest absolute Gasteiger partial charge is 0.355 e. The molecule has 34 heavy (non-hydrogen) atoms. The predicted octanol–water partition coefficient (Wildman–Crippen LogP) is 4.46. The molecule has 1 aromatic carbocycles. The van der Waals surface area contributed by atoms with Gasteiger partial charge in [-0.25, -0.2) is 8.78 Å². The first-order valence-electron chi connectivity index (χ1n) is 11.7. The van der Waals surface area contributed by atoms with E-state index in [4.69, 9.17) is 0 Å². The molecule has 8 heteroatoms. The van der Waals surface area contributed by atoms with Crippen molar-refractivity contribution in [2.75, 3.05) is 20.6 Å². The number of carbonyl (C=O) groups is 1. The smallest absolute Gasteiger partial charge is 0.251 e. The Morgan fingerprint density at radius 3 is 2.68 bits per heavy atom. The first-order chi connectivity index (χ1) is 16.1. The van der Waals surface area contributed by atoms with Crippen LogP contribution in [0, 0.1) is 12.3 Å². The lowest BCUT2D eigenvalue weighted by Gasteiger charge is -2.32. The van der Waals surface area contributed by atoms with Gasteiger partial charge in [0.1, 0.15) is 0 Å². The molecule has 4 rings (SSSR count). The highest BCUT2D eigenvalue weighted by molar-refractivity contribution is 5.82. The van der Waals surface area contributed by atoms with E-state index in [2.05, 4.69) is 37.5 Å². The summed E-state index contributed by atoms with van der Waals surface area (Å²) in [4.78, 5) is 19.2. The zero-order valence-corrected chi connectivity index (χ0v) is 20.2. The fraction of sp³-hybridized carbons (Fsp3) is 0.500. The predicted molar refractivity (Wildman–Crippen MR) is 129 cm³/mol. The second-order valence-electron chi connectivity index (χ2n) is 9.96. The summed E-state index contributed by atoms with van der Waals surface area (Å²) >= 11 is 0. The number of fused-ring (bicyclic) bond motifs is 1. The lowest BCUT2D eigenvalue weighted by atomic mass is 9.77. The van der Waals surface area contributed by atoms with E-state index in [1.54, 1.807) is 24.5 Å². The van der Waals surface area contributed by atoms with Crippen LogP contribution in [0.2, 0.25) is 0 Å². The van der Waals surface area contributed by atoms with Crippen molar-refractivity contribution < 1.29 is 13.6 Å². The molecular weight excluding hydrogens is 436 g/mol. The molecule has 182 valence electrons. The van der Waals surface area contributed by atoms with Gasteiger partial charge in [0.05, 0.1) is 11.7 Å². The maximum absolute atomic E-state index is 14.6. The van der Waals surface area contributed by atoms with Crippen LogP contribution in [0.3, 0.4) is 0 Å². The van der Waals surface area contributed by atoms with Crippen molar-refractivity contribution in [3.63, 3.8) is 0 Å². The number of halogens is 2. The van der Waals surface area contributed by atoms with Gasteiger partial charge in [-0.1, -0.05) is 12.1 Å². The minimum atomic E-state index is -2.86. The molecule has 1 amide bonds. The second-order valence-corrected chi connectivity index (χ2v) is 9.96. The fourth-order valence-electron chi connectivity index (χ4n) is 5.07. The number of pyridine rings is 1. The number of aromatic nitrogens is 3. The Bertz CT molecular complexity index is 1140. The fourth-order valence-corrected chi connectivity index (χ4v) is 5.07. The molecule has 2 N–H and O–H groups in total. The van der Waals surface area contributed by atoms with Crippen LogP contribution in [0.5, 0.6) is 0 Å². The van der Waals surface area contributed by atoms with Crippen LogP contribution in [0.4, 0.5) is 8.78 Å². The molecule has 6 nitrogen and oxygen atoms in total. The molecule has 1 aliphatic carbocycles. The van der Waals surface area contributed by atoms with Gasteiger partial charge in [0.2, 0.25) is 5.91 Å². The van der Waals surface area contributed by atoms with E-state index in [9.17, 15) is 13.6 Å². The van der Waals surface area contributed by atoms with Gasteiger partial charge in [0, 0.05) is 48.1 Å². The number of likely N-dealkylation sites (N-methyl/N-ethyl adjacent to an activating group) is 1. The molecule has 2 atom stereocenters. The Morgan fingerprint density at radius 1 is 1.29 bits per heavy atom. The van der Waals surface area contributed by atoms with Crippen molar-refractivity contribution in [2.24, 2.45) is 5.41 Å². The molecule has 1 aliphatic rings. The van der Waals surface area contributed by atoms with Gasteiger partial charge in [-0.3, -0.25) is 14.9 Å². The third-order valence-corrected chi connectivity index (χ3v) is 7.35. The minimum Gasteiger partial charge on any atom is -0.355 e. The molecule has 1 saturated carbocycles. The number of nitrogens with one attached hydrogen (secondary N) is 2. The zero-order chi connectivity index (χ0) is 24.5. The number of alkyl halides is 2. The quantitative estimate of drug-likeness (QED) is 0.460. The Kier molecular flexibility index (Phi) is 6.71. The molecule has 2 aromatic heterocycles. The molecule has 0 radical (unpaired) electrons. The third-order valence-electron chi connectivity index (χ3n) is 7.35. The molecule has 3 aromatic rings. The average Bonchev–Trinajstić information content (AvgIpc) is 3.46. The van der Waals surface area contributed by atoms with E-state index >= 15 is 0 Å². The summed E-state index contributed by atoms with van der Waals surface area (Å²) in [6.07, 6.45) is 6.65. The van der Waals surface area contributed by atoms with Crippen molar-refractivity contribution in [3.05, 3.63) is 59.5 Å². The van der Waals surface area contributed by atoms with Crippen molar-refractivity contribution in [2.45, 2.75) is 57.4 Å². The van der Waals surface area contributed by atoms with Crippen molar-refractivity contribution in [3.8, 4) is 0 Å². The molecule has 0 aliphatic heterocycles. The standard InChI is InChI=1S/C26H33F2N5O/c1-17-10-18(11-20-15-31-32-24(17)20)12-21(33(3)4)16-30-23(34)13-22(19-6-5-9-29-14-19)26(7-8-26)25(2,27)28/h5-6,9-11,14-15,21-22H,7-8,12-13,16H2,1-4H3,(H,30,34)(H,31,32)/t21-,22+/m0/s1. The number of H-pyrrole nitrogens is 1. The van der Waals surface area contributed by atoms with E-state index in [0.29, 0.717) is 24.9 Å². The second kappa shape index (κ2) is 9.41. The highest BCUT2D eigenvalue weighted by atomic mass is 19.3. The summed E-state index contributed by atoms with van der Waals surface area (Å²) in [6.45, 7) is 3.46. The normalized spacial score (nSPS) is 17.0. The molecule has 1 fully saturated rings. The van der Waals surface area contributed by atoms with E-state index in [1.165, 1.54) is 0 Å². The average molecular weight is 470 g/mol. The number of hydrogen-bond acceptors (Lipinski definition) is 4. The van der Waals surface area contributed by atoms with Crippen molar-refractivity contribution in [1.82, 2.24) is 25.4 Å². The molecule has 2 heterocycles. The van der Waals surface area contributed by atoms with Crippen LogP contribution < -0.4 is 5.32 Å². The van der Waals surface area contributed by atoms with Crippen LogP contribution in [-0.4, -0.2) is 58.6 Å². The van der Waals surface area contributed by atoms with Crippen LogP contribution in [-0.2, 0) is 11.2 Å². The summed E-state index contributed by atoms with van der Waals surface area (Å²) < 4.78 is 29.1. The lowest BCUT2D eigenvalue weighted by molar-refractivity contribution is -0.123. The minimum absolute atomic E-state index is 0.0232. The maximum Gasteiger partial charge on any atom is 0.251 e. The number of aryl methyl sites for hydroxylation is 1. The van der Waals surface area contributed by atoms with Gasteiger partial charge in [-0.2, -0.15) is 5.10 Å². The number of rotatable bonds is 10. The molecule has 0 saturated heterocycles. The van der Waals surface area contributed by atoms with Crippen LogP contribution in [0.15, 0.2) is 42.9 Å². The summed E-state index contributed by atoms with van der Waals surface area (Å²) in [5, 5.41) is 11.2. The summed E-state index contributed by atoms with van der Waals surface area (Å²) in [5.41, 5.74) is 2.84. The monoisotopic (exact) mass is 469 g/mol. The SMILES string of the molecule is Cc1cc(C[C@@H](CNC(=O)C[C@H](c2cccnc2)C2(C(C)(F)F)CC2)N(C)C)cc2cn[nH]c12. The van der Waals surface area contributed by atoms with E-state index in [1.807, 2.05) is 27.2 Å². The Labute approximate surface area is 199 Å². The van der Waals surface area contributed by atoms with Gasteiger partial charge in [-0.05, 0) is 76.0 Å². The van der Waals surface area contributed by atoms with Crippen molar-refractivity contribution in [1.29, 1.82) is 0 Å². The van der Waals surface area contributed by atoms with E-state index in [-0.39, 0.29) is 18.4 Å². The Balaban J connectivity index is 1.44. The highest BCUT2D eigenvalue weighted by Crippen LogP contribution is 2.65. The number of hydrogen-bond donors (Lipinski definition) is 2. The number of aromatic amines is 1. The summed E-state index contributed by atoms with van der Waals surface area (Å²) in [5.74, 6) is -3.63. The highest BCUT2D eigenvalue weighted by Gasteiger charge is 2.63. The molecule has 0 spiro atoms. The lowest BCUT2D eigenvalue weighted by Crippen LogP contribution is -2.43. The van der Waals surface area contributed by atoms with Crippen LogP contribution in [0.25, 0.3) is 10.9 Å². The van der Waals surface area contributed by atoms with Gasteiger partial charge < -0.3 is 10.2 Å². The Hall–Kier alpha value is -2.87. The van der Waals surface area contributed by atoms with Gasteiger partial charge in [-0.15, -0.1) is 0 Å². The third kappa shape index (κ3) is 4.97. The first-order valence-corrected chi connectivity index (χ1v) is 11.7. The molecule has 0 bridgehead atoms. The molecular formula is C26H33F2N5O. The Morgan fingerprint density at radius 2 is 2.06 bits per heavy atom. The van der Waals surface area contributed by atoms with Crippen LogP contribution >= 0.6 is 0 Å². The van der Waals surface area contributed by atoms with Gasteiger partial charge in [0.25, 0.3) is 5.92 Å². The van der Waals surface area contributed by atoms with Crippen LogP contribution in [0.1, 0.15) is 48.8 Å². The number of nitrogens with zero attached hydrogens (tertiary/aromatic N) is 3. The summed E-state index contributed by atoms with van der Waals surface area (Å²) in [6, 6.07) is 7.85. The topological polar surface area (TPSA) is 73.9 Å². The summed E-state index contributed by atoms with van der Waals surface area (Å²) in [7, 11) is 3.96. The number of carbonyl (C=O) groups excluding carboxylic acids is 1. The van der Waals surface area contributed by atoms with E-state index in [0.717, 1.165) is 35.4 Å². The van der Waals surface area contributed by atoms with E-state index < -0.39 is 17.3 Å². The van der Waals surface area contributed by atoms with Gasteiger partial charge in [0.15, 0.2) is 0 Å². The van der Waals surface area contributed by atoms with Gasteiger partial charge >= 0.3 is 0 Å². The zero-order valence-electron chi connectivity index (χ0n) is 20.2. The maximum atomic E-state index is 14.6.